The highest BCUT2D eigenvalue weighted by atomic mass is 32.2. The van der Waals surface area contributed by atoms with Gasteiger partial charge in [0.25, 0.3) is 0 Å². The molecule has 1 aliphatic carbocycles. The van der Waals surface area contributed by atoms with Gasteiger partial charge in [-0.15, -0.1) is 10.2 Å². The molecule has 2 aromatic rings. The van der Waals surface area contributed by atoms with E-state index < -0.39 is 0 Å². The first-order valence-corrected chi connectivity index (χ1v) is 13.1. The smallest absolute Gasteiger partial charge is 0.236 e. The normalized spacial score (nSPS) is 17.5. The molecule has 0 aromatic carbocycles. The van der Waals surface area contributed by atoms with Gasteiger partial charge in [0, 0.05) is 38.7 Å². The van der Waals surface area contributed by atoms with Gasteiger partial charge in [-0.2, -0.15) is 0 Å². The molecule has 4 rings (SSSR count). The topological polar surface area (TPSA) is 104 Å². The highest BCUT2D eigenvalue weighted by molar-refractivity contribution is 8.01. The van der Waals surface area contributed by atoms with Crippen molar-refractivity contribution in [2.75, 3.05) is 42.1 Å². The summed E-state index contributed by atoms with van der Waals surface area (Å²) in [5, 5.41) is 15.8. The van der Waals surface area contributed by atoms with Gasteiger partial charge in [-0.3, -0.25) is 9.59 Å². The predicted octanol–water partition coefficient (Wildman–Crippen LogP) is 3.57. The minimum Gasteiger partial charge on any atom is -0.360 e. The molecule has 1 saturated heterocycles. The summed E-state index contributed by atoms with van der Waals surface area (Å²) < 4.78 is 5.69. The van der Waals surface area contributed by atoms with E-state index in [1.165, 1.54) is 55.2 Å². The Kier molecular flexibility index (Phi) is 8.01. The lowest BCUT2D eigenvalue weighted by Gasteiger charge is -2.34. The van der Waals surface area contributed by atoms with Crippen LogP contribution in [-0.4, -0.2) is 64.0 Å². The number of nitrogens with one attached hydrogen (secondary N) is 1. The van der Waals surface area contributed by atoms with Gasteiger partial charge >= 0.3 is 0 Å². The molecule has 2 aliphatic rings. The van der Waals surface area contributed by atoms with E-state index in [4.69, 9.17) is 4.52 Å². The summed E-state index contributed by atoms with van der Waals surface area (Å²) in [6.45, 7) is 4.75. The Balaban J connectivity index is 1.17. The van der Waals surface area contributed by atoms with Crippen LogP contribution in [0.5, 0.6) is 0 Å². The first-order chi connectivity index (χ1) is 15.6. The maximum absolute atomic E-state index is 12.6. The number of amides is 2. The Morgan fingerprint density at radius 2 is 1.97 bits per heavy atom. The number of carbonyl (C=O) groups excluding carboxylic acids is 2. The lowest BCUT2D eigenvalue weighted by atomic mass is 9.86. The molecule has 0 radical (unpaired) electrons. The maximum atomic E-state index is 12.6. The van der Waals surface area contributed by atoms with Crippen LogP contribution in [0.1, 0.15) is 50.7 Å². The summed E-state index contributed by atoms with van der Waals surface area (Å²) in [7, 11) is 0. The molecular weight excluding hydrogens is 448 g/mol. The number of anilines is 2. The fraction of sp³-hybridized carbons (Fsp3) is 0.667. The van der Waals surface area contributed by atoms with Crippen molar-refractivity contribution in [3.63, 3.8) is 0 Å². The third-order valence-corrected chi connectivity index (χ3v) is 8.13. The van der Waals surface area contributed by atoms with E-state index in [1.807, 2.05) is 4.90 Å². The maximum Gasteiger partial charge on any atom is 0.236 e. The number of rotatable bonds is 8. The first kappa shape index (κ1) is 23.0. The van der Waals surface area contributed by atoms with Crippen LogP contribution in [0.15, 0.2) is 14.9 Å². The van der Waals surface area contributed by atoms with E-state index in [-0.39, 0.29) is 17.6 Å². The number of hydrogen-bond acceptors (Lipinski definition) is 9. The van der Waals surface area contributed by atoms with Gasteiger partial charge in [-0.05, 0) is 19.3 Å². The van der Waals surface area contributed by atoms with E-state index in [2.05, 4.69) is 25.6 Å². The second-order valence-electron chi connectivity index (χ2n) is 8.42. The highest BCUT2D eigenvalue weighted by Crippen LogP contribution is 2.30. The molecule has 1 saturated carbocycles. The van der Waals surface area contributed by atoms with Gasteiger partial charge in [0.05, 0.1) is 5.75 Å². The Labute approximate surface area is 196 Å². The highest BCUT2D eigenvalue weighted by Gasteiger charge is 2.24. The zero-order chi connectivity index (χ0) is 22.3. The van der Waals surface area contributed by atoms with Crippen molar-refractivity contribution in [1.29, 1.82) is 0 Å². The SMILES string of the molecule is Cc1cc(NC(=O)CSc2nnc(N3CCN(C(=O)CCC4CCCCC4)CC3)s2)no1. The van der Waals surface area contributed by atoms with E-state index in [9.17, 15) is 9.59 Å². The molecule has 32 heavy (non-hydrogen) atoms. The van der Waals surface area contributed by atoms with Gasteiger partial charge in [0.1, 0.15) is 5.76 Å². The molecule has 0 atom stereocenters. The van der Waals surface area contributed by atoms with Gasteiger partial charge in [0.2, 0.25) is 16.9 Å². The molecule has 3 heterocycles. The number of piperazine rings is 1. The summed E-state index contributed by atoms with van der Waals surface area (Å²) in [5.74, 6) is 2.15. The van der Waals surface area contributed by atoms with Crippen LogP contribution >= 0.6 is 23.1 Å². The second-order valence-corrected chi connectivity index (χ2v) is 10.6. The summed E-state index contributed by atoms with van der Waals surface area (Å²) >= 11 is 2.83. The fourth-order valence-corrected chi connectivity index (χ4v) is 5.92. The third kappa shape index (κ3) is 6.44. The van der Waals surface area contributed by atoms with E-state index in [0.29, 0.717) is 18.0 Å². The average Bonchev–Trinajstić information content (AvgIpc) is 3.46. The quantitative estimate of drug-likeness (QED) is 0.574. The van der Waals surface area contributed by atoms with Gasteiger partial charge in [-0.25, -0.2) is 0 Å². The number of thioether (sulfide) groups is 1. The van der Waals surface area contributed by atoms with Crippen LogP contribution in [0, 0.1) is 12.8 Å². The molecule has 0 spiro atoms. The summed E-state index contributed by atoms with van der Waals surface area (Å²) in [4.78, 5) is 28.8. The van der Waals surface area contributed by atoms with E-state index in [0.717, 1.165) is 48.0 Å². The predicted molar refractivity (Wildman–Crippen MR) is 125 cm³/mol. The van der Waals surface area contributed by atoms with Crippen molar-refractivity contribution in [3.8, 4) is 0 Å². The van der Waals surface area contributed by atoms with Crippen molar-refractivity contribution in [2.45, 2.75) is 56.2 Å². The zero-order valence-corrected chi connectivity index (χ0v) is 20.1. The largest absolute Gasteiger partial charge is 0.360 e. The average molecular weight is 479 g/mol. The Morgan fingerprint density at radius 3 is 2.69 bits per heavy atom. The van der Waals surface area contributed by atoms with E-state index in [1.54, 1.807) is 13.0 Å². The molecule has 1 aliphatic heterocycles. The van der Waals surface area contributed by atoms with Gasteiger partial charge in [-0.1, -0.05) is 60.4 Å². The van der Waals surface area contributed by atoms with Crippen molar-refractivity contribution in [1.82, 2.24) is 20.3 Å². The third-order valence-electron chi connectivity index (χ3n) is 6.01. The second kappa shape index (κ2) is 11.1. The lowest BCUT2D eigenvalue weighted by molar-refractivity contribution is -0.131. The monoisotopic (exact) mass is 478 g/mol. The van der Waals surface area contributed by atoms with Crippen LogP contribution in [0.25, 0.3) is 0 Å². The molecular formula is C21H30N6O3S2. The number of hydrogen-bond donors (Lipinski definition) is 1. The van der Waals surface area contributed by atoms with Gasteiger partial charge in [0.15, 0.2) is 10.2 Å². The number of carbonyl (C=O) groups is 2. The molecule has 1 N–H and O–H groups in total. The molecule has 9 nitrogen and oxygen atoms in total. The molecule has 2 fully saturated rings. The summed E-state index contributed by atoms with van der Waals surface area (Å²) in [5.41, 5.74) is 0. The van der Waals surface area contributed by atoms with Crippen LogP contribution in [0.3, 0.4) is 0 Å². The Morgan fingerprint density at radius 1 is 1.19 bits per heavy atom. The molecule has 2 amide bonds. The van der Waals surface area contributed by atoms with Crippen LogP contribution < -0.4 is 10.2 Å². The Bertz CT molecular complexity index is 903. The first-order valence-electron chi connectivity index (χ1n) is 11.3. The van der Waals surface area contributed by atoms with Crippen LogP contribution in [-0.2, 0) is 9.59 Å². The lowest BCUT2D eigenvalue weighted by Crippen LogP contribution is -2.48. The number of nitrogens with zero attached hydrogens (tertiary/aromatic N) is 5. The zero-order valence-electron chi connectivity index (χ0n) is 18.4. The summed E-state index contributed by atoms with van der Waals surface area (Å²) in [6, 6.07) is 1.67. The molecule has 11 heteroatoms. The van der Waals surface area contributed by atoms with E-state index >= 15 is 0 Å². The Hall–Kier alpha value is -2.14. The molecule has 0 unspecified atom stereocenters. The minimum atomic E-state index is -0.166. The van der Waals surface area contributed by atoms with Crippen molar-refractivity contribution in [3.05, 3.63) is 11.8 Å². The molecule has 0 bridgehead atoms. The fourth-order valence-electron chi connectivity index (χ4n) is 4.23. The van der Waals surface area contributed by atoms with Crippen LogP contribution in [0.2, 0.25) is 0 Å². The standard InChI is InChI=1S/C21H30N6O3S2/c1-15-13-17(25-30-15)22-18(28)14-31-21-24-23-20(32-21)27-11-9-26(10-12-27)19(29)8-7-16-5-3-2-4-6-16/h13,16H,2-12,14H2,1H3,(H,22,25,28). The van der Waals surface area contributed by atoms with Crippen molar-refractivity contribution >= 4 is 45.9 Å². The number of aryl methyl sites for hydroxylation is 1. The van der Waals surface area contributed by atoms with Crippen molar-refractivity contribution < 1.29 is 14.1 Å². The summed E-state index contributed by atoms with van der Waals surface area (Å²) in [6.07, 6.45) is 8.31. The van der Waals surface area contributed by atoms with Crippen LogP contribution in [0.4, 0.5) is 10.9 Å². The van der Waals surface area contributed by atoms with Crippen molar-refractivity contribution in [2.24, 2.45) is 5.92 Å². The van der Waals surface area contributed by atoms with Gasteiger partial charge < -0.3 is 19.6 Å². The molecule has 2 aromatic heterocycles. The minimum absolute atomic E-state index is 0.166. The molecule has 174 valence electrons. The number of aromatic nitrogens is 3.